The van der Waals surface area contributed by atoms with E-state index in [1.807, 2.05) is 18.2 Å². The molecule has 2 rings (SSSR count). The van der Waals surface area contributed by atoms with Gasteiger partial charge in [-0.1, -0.05) is 6.07 Å². The highest BCUT2D eigenvalue weighted by molar-refractivity contribution is 6.00. The first kappa shape index (κ1) is 13.5. The zero-order valence-electron chi connectivity index (χ0n) is 11.2. The molecule has 1 aliphatic rings. The number of hydrogen-bond acceptors (Lipinski definition) is 4. The number of ether oxygens (including phenoxy) is 1. The number of rotatable bonds is 4. The highest BCUT2D eigenvalue weighted by Crippen LogP contribution is 2.34. The van der Waals surface area contributed by atoms with Crippen LogP contribution in [0.4, 0.5) is 5.69 Å². The lowest BCUT2D eigenvalue weighted by Gasteiger charge is -2.33. The van der Waals surface area contributed by atoms with Crippen LogP contribution in [0.5, 0.6) is 5.75 Å². The fourth-order valence-corrected chi connectivity index (χ4v) is 2.08. The summed E-state index contributed by atoms with van der Waals surface area (Å²) < 4.78 is 5.56. The number of amides is 1. The monoisotopic (exact) mass is 262 g/mol. The Balaban J connectivity index is 2.35. The molecule has 0 saturated carbocycles. The van der Waals surface area contributed by atoms with Gasteiger partial charge in [0.2, 0.25) is 0 Å². The van der Waals surface area contributed by atoms with Gasteiger partial charge in [-0.25, -0.2) is 0 Å². The Morgan fingerprint density at radius 1 is 1.47 bits per heavy atom. The Labute approximate surface area is 112 Å². The van der Waals surface area contributed by atoms with Gasteiger partial charge >= 0.3 is 0 Å². The van der Waals surface area contributed by atoms with Gasteiger partial charge in [-0.05, 0) is 31.5 Å². The summed E-state index contributed by atoms with van der Waals surface area (Å²) >= 11 is 0. The summed E-state index contributed by atoms with van der Waals surface area (Å²) in [6.07, 6.45) is -0.187. The predicted octanol–water partition coefficient (Wildman–Crippen LogP) is 1.24. The van der Waals surface area contributed by atoms with Crippen LogP contribution in [0.3, 0.4) is 0 Å². The van der Waals surface area contributed by atoms with Crippen LogP contribution < -0.4 is 15.4 Å². The van der Waals surface area contributed by atoms with Crippen LogP contribution in [-0.4, -0.2) is 24.3 Å². The molecule has 19 heavy (non-hydrogen) atoms. The smallest absolute Gasteiger partial charge is 0.267 e. The second-order valence-corrected chi connectivity index (χ2v) is 4.71. The van der Waals surface area contributed by atoms with Crippen LogP contribution in [0.15, 0.2) is 18.2 Å². The molecule has 0 aliphatic carbocycles. The number of ketones is 1. The van der Waals surface area contributed by atoms with Crippen molar-refractivity contribution in [2.24, 2.45) is 5.73 Å². The molecule has 0 fully saturated rings. The number of benzene rings is 1. The lowest BCUT2D eigenvalue weighted by Crippen LogP contribution is -2.45. The number of carbonyl (C=O) groups is 2. The molecule has 0 bridgehead atoms. The van der Waals surface area contributed by atoms with Gasteiger partial charge in [-0.15, -0.1) is 0 Å². The minimum Gasteiger partial charge on any atom is -0.479 e. The molecule has 1 unspecified atom stereocenters. The number of anilines is 1. The summed E-state index contributed by atoms with van der Waals surface area (Å²) in [5, 5.41) is 0. The number of hydrogen-bond donors (Lipinski definition) is 1. The van der Waals surface area contributed by atoms with Crippen molar-refractivity contribution in [1.82, 2.24) is 0 Å². The van der Waals surface area contributed by atoms with Gasteiger partial charge in [0.1, 0.15) is 11.5 Å². The van der Waals surface area contributed by atoms with E-state index in [-0.39, 0.29) is 11.7 Å². The zero-order chi connectivity index (χ0) is 14.0. The van der Waals surface area contributed by atoms with E-state index in [0.717, 1.165) is 5.56 Å². The number of nitrogens with zero attached hydrogens (tertiary/aromatic N) is 1. The van der Waals surface area contributed by atoms with E-state index in [2.05, 4.69) is 0 Å². The first-order chi connectivity index (χ1) is 9.02. The molecule has 1 amide bonds. The van der Waals surface area contributed by atoms with Gasteiger partial charge in [-0.3, -0.25) is 9.59 Å². The van der Waals surface area contributed by atoms with Crippen molar-refractivity contribution in [2.45, 2.75) is 32.9 Å². The van der Waals surface area contributed by atoms with E-state index in [1.54, 1.807) is 11.8 Å². The van der Waals surface area contributed by atoms with Crippen molar-refractivity contribution in [1.29, 1.82) is 0 Å². The average Bonchev–Trinajstić information content (AvgIpc) is 2.38. The summed E-state index contributed by atoms with van der Waals surface area (Å²) in [5.74, 6) is 0.597. The molecule has 2 N–H and O–H groups in total. The number of carbonyl (C=O) groups excluding carboxylic acids is 2. The molecule has 102 valence electrons. The summed E-state index contributed by atoms with van der Waals surface area (Å²) in [6, 6.07) is 5.55. The summed E-state index contributed by atoms with van der Waals surface area (Å²) in [6.45, 7) is 4.01. The predicted molar refractivity (Wildman–Crippen MR) is 72.1 cm³/mol. The Bertz CT molecular complexity index is 513. The SMILES string of the molecule is CC(=O)CCN1C(=O)C(C)Oc2ccc(CN)cc21. The molecular formula is C14H18N2O3. The van der Waals surface area contributed by atoms with Gasteiger partial charge in [0.05, 0.1) is 5.69 Å². The van der Waals surface area contributed by atoms with Crippen LogP contribution in [0, 0.1) is 0 Å². The number of Topliss-reactive ketones (excluding diaryl/α,β-unsaturated/α-hetero) is 1. The minimum atomic E-state index is -0.525. The van der Waals surface area contributed by atoms with Gasteiger partial charge in [0.25, 0.3) is 5.91 Å². The molecule has 0 aromatic heterocycles. The second kappa shape index (κ2) is 5.40. The molecule has 1 atom stereocenters. The number of nitrogens with two attached hydrogens (primary N) is 1. The maximum absolute atomic E-state index is 12.2. The van der Waals surface area contributed by atoms with Gasteiger partial charge in [0, 0.05) is 19.5 Å². The van der Waals surface area contributed by atoms with Crippen molar-refractivity contribution in [3.05, 3.63) is 23.8 Å². The van der Waals surface area contributed by atoms with Crippen molar-refractivity contribution in [2.75, 3.05) is 11.4 Å². The Morgan fingerprint density at radius 2 is 2.21 bits per heavy atom. The molecule has 1 aromatic carbocycles. The van der Waals surface area contributed by atoms with Gasteiger partial charge in [-0.2, -0.15) is 0 Å². The van der Waals surface area contributed by atoms with Crippen molar-refractivity contribution in [3.8, 4) is 5.75 Å². The largest absolute Gasteiger partial charge is 0.479 e. The highest BCUT2D eigenvalue weighted by Gasteiger charge is 2.31. The molecule has 5 nitrogen and oxygen atoms in total. The lowest BCUT2D eigenvalue weighted by molar-refractivity contribution is -0.125. The van der Waals surface area contributed by atoms with Crippen molar-refractivity contribution < 1.29 is 14.3 Å². The average molecular weight is 262 g/mol. The molecule has 1 heterocycles. The van der Waals surface area contributed by atoms with E-state index in [0.29, 0.717) is 30.9 Å². The van der Waals surface area contributed by atoms with Crippen molar-refractivity contribution >= 4 is 17.4 Å². The third-order valence-corrected chi connectivity index (χ3v) is 3.15. The molecule has 1 aromatic rings. The zero-order valence-corrected chi connectivity index (χ0v) is 11.2. The normalized spacial score (nSPS) is 17.9. The molecule has 0 spiro atoms. The maximum atomic E-state index is 12.2. The standard InChI is InChI=1S/C14H18N2O3/c1-9(17)5-6-16-12-7-11(8-15)3-4-13(12)19-10(2)14(16)18/h3-4,7,10H,5-6,8,15H2,1-2H3. The topological polar surface area (TPSA) is 72.6 Å². The van der Waals surface area contributed by atoms with Crippen LogP contribution in [0.2, 0.25) is 0 Å². The van der Waals surface area contributed by atoms with Crippen LogP contribution >= 0.6 is 0 Å². The van der Waals surface area contributed by atoms with E-state index in [9.17, 15) is 9.59 Å². The first-order valence-electron chi connectivity index (χ1n) is 6.33. The van der Waals surface area contributed by atoms with Crippen LogP contribution in [-0.2, 0) is 16.1 Å². The molecular weight excluding hydrogens is 244 g/mol. The van der Waals surface area contributed by atoms with Crippen LogP contribution in [0.25, 0.3) is 0 Å². The minimum absolute atomic E-state index is 0.0588. The summed E-state index contributed by atoms with van der Waals surface area (Å²) in [7, 11) is 0. The lowest BCUT2D eigenvalue weighted by atomic mass is 10.1. The summed E-state index contributed by atoms with van der Waals surface area (Å²) in [5.41, 5.74) is 7.24. The molecule has 0 saturated heterocycles. The van der Waals surface area contributed by atoms with Crippen LogP contribution in [0.1, 0.15) is 25.8 Å². The van der Waals surface area contributed by atoms with E-state index >= 15 is 0 Å². The Kier molecular flexibility index (Phi) is 3.85. The Morgan fingerprint density at radius 3 is 2.84 bits per heavy atom. The second-order valence-electron chi connectivity index (χ2n) is 4.71. The molecule has 1 aliphatic heterocycles. The van der Waals surface area contributed by atoms with Gasteiger partial charge in [0.15, 0.2) is 6.10 Å². The third-order valence-electron chi connectivity index (χ3n) is 3.15. The Hall–Kier alpha value is -1.88. The fraction of sp³-hybridized carbons (Fsp3) is 0.429. The quantitative estimate of drug-likeness (QED) is 0.886. The maximum Gasteiger partial charge on any atom is 0.267 e. The van der Waals surface area contributed by atoms with E-state index in [1.165, 1.54) is 6.92 Å². The summed E-state index contributed by atoms with van der Waals surface area (Å²) in [4.78, 5) is 24.9. The van der Waals surface area contributed by atoms with Crippen molar-refractivity contribution in [3.63, 3.8) is 0 Å². The molecule has 5 heteroatoms. The van der Waals surface area contributed by atoms with E-state index < -0.39 is 6.10 Å². The van der Waals surface area contributed by atoms with Gasteiger partial charge < -0.3 is 15.4 Å². The fourth-order valence-electron chi connectivity index (χ4n) is 2.08. The molecule has 0 radical (unpaired) electrons. The highest BCUT2D eigenvalue weighted by atomic mass is 16.5. The third kappa shape index (κ3) is 2.76. The first-order valence-corrected chi connectivity index (χ1v) is 6.33. The van der Waals surface area contributed by atoms with E-state index in [4.69, 9.17) is 10.5 Å². The number of fused-ring (bicyclic) bond motifs is 1.